The lowest BCUT2D eigenvalue weighted by atomic mass is 10.2. The minimum Gasteiger partial charge on any atom is -0.465 e. The summed E-state index contributed by atoms with van der Waals surface area (Å²) in [5.74, 6) is 0.413. The maximum atomic E-state index is 11.8. The first kappa shape index (κ1) is 14.8. The summed E-state index contributed by atoms with van der Waals surface area (Å²) in [6, 6.07) is 7.77. The van der Waals surface area contributed by atoms with Crippen LogP contribution >= 0.6 is 11.8 Å². The predicted octanol–water partition coefficient (Wildman–Crippen LogP) is 2.63. The molecule has 0 amide bonds. The number of aryl methyl sites for hydroxylation is 1. The van der Waals surface area contributed by atoms with E-state index >= 15 is 0 Å². The molecule has 0 radical (unpaired) electrons. The number of nitrogens with zero attached hydrogens (tertiary/aromatic N) is 4. The molecule has 3 rings (SSSR count). The van der Waals surface area contributed by atoms with Crippen LogP contribution < -0.4 is 0 Å². The van der Waals surface area contributed by atoms with Crippen molar-refractivity contribution >= 4 is 34.3 Å². The highest BCUT2D eigenvalue weighted by atomic mass is 32.2. The third kappa shape index (κ3) is 2.64. The lowest BCUT2D eigenvalue weighted by Gasteiger charge is -2.11. The van der Waals surface area contributed by atoms with Gasteiger partial charge in [-0.25, -0.2) is 9.97 Å². The van der Waals surface area contributed by atoms with Gasteiger partial charge in [-0.1, -0.05) is 23.9 Å². The SMILES string of the molecule is CCOC(=O)[C@@H](C)Sc1nc2ccccc2c2nc(C)nn12. The van der Waals surface area contributed by atoms with Crippen LogP contribution in [0.5, 0.6) is 0 Å². The number of ether oxygens (including phenoxy) is 1. The summed E-state index contributed by atoms with van der Waals surface area (Å²) in [7, 11) is 0. The second kappa shape index (κ2) is 5.92. The number of para-hydroxylation sites is 1. The molecule has 0 saturated carbocycles. The largest absolute Gasteiger partial charge is 0.465 e. The maximum Gasteiger partial charge on any atom is 0.319 e. The number of rotatable bonds is 4. The molecule has 1 aromatic carbocycles. The van der Waals surface area contributed by atoms with E-state index in [9.17, 15) is 4.79 Å². The summed E-state index contributed by atoms with van der Waals surface area (Å²) in [6.45, 7) is 5.80. The predicted molar refractivity (Wildman–Crippen MR) is 85.0 cm³/mol. The highest BCUT2D eigenvalue weighted by Crippen LogP contribution is 2.26. The van der Waals surface area contributed by atoms with E-state index in [2.05, 4.69) is 15.1 Å². The summed E-state index contributed by atoms with van der Waals surface area (Å²) in [5, 5.41) is 5.61. The van der Waals surface area contributed by atoms with E-state index in [1.807, 2.05) is 31.2 Å². The molecule has 22 heavy (non-hydrogen) atoms. The highest BCUT2D eigenvalue weighted by Gasteiger charge is 2.20. The average Bonchev–Trinajstić information content (AvgIpc) is 2.89. The number of carbonyl (C=O) groups is 1. The Kier molecular flexibility index (Phi) is 3.98. The second-order valence-corrected chi connectivity index (χ2v) is 6.13. The Balaban J connectivity index is 2.09. The van der Waals surface area contributed by atoms with E-state index < -0.39 is 0 Å². The minimum absolute atomic E-state index is 0.257. The Labute approximate surface area is 131 Å². The molecular weight excluding hydrogens is 300 g/mol. The van der Waals surface area contributed by atoms with Gasteiger partial charge in [0.05, 0.1) is 12.1 Å². The van der Waals surface area contributed by atoms with Gasteiger partial charge in [0.25, 0.3) is 0 Å². The van der Waals surface area contributed by atoms with Crippen LogP contribution in [-0.2, 0) is 9.53 Å². The number of benzene rings is 1. The Morgan fingerprint density at radius 1 is 1.36 bits per heavy atom. The highest BCUT2D eigenvalue weighted by molar-refractivity contribution is 8.00. The zero-order valence-electron chi connectivity index (χ0n) is 12.6. The van der Waals surface area contributed by atoms with Crippen molar-refractivity contribution in [2.45, 2.75) is 31.2 Å². The minimum atomic E-state index is -0.360. The Morgan fingerprint density at radius 2 is 2.14 bits per heavy atom. The fourth-order valence-corrected chi connectivity index (χ4v) is 3.03. The van der Waals surface area contributed by atoms with Gasteiger partial charge < -0.3 is 4.74 Å². The number of aromatic nitrogens is 4. The molecule has 0 N–H and O–H groups in total. The van der Waals surface area contributed by atoms with Gasteiger partial charge >= 0.3 is 5.97 Å². The fraction of sp³-hybridized carbons (Fsp3) is 0.333. The van der Waals surface area contributed by atoms with E-state index in [1.165, 1.54) is 11.8 Å². The van der Waals surface area contributed by atoms with Gasteiger partial charge in [-0.15, -0.1) is 5.10 Å². The van der Waals surface area contributed by atoms with E-state index in [0.717, 1.165) is 16.6 Å². The molecule has 0 fully saturated rings. The van der Waals surface area contributed by atoms with Crippen molar-refractivity contribution < 1.29 is 9.53 Å². The second-order valence-electron chi connectivity index (χ2n) is 4.82. The number of carbonyl (C=O) groups excluding carboxylic acids is 1. The van der Waals surface area contributed by atoms with Crippen molar-refractivity contribution in [1.82, 2.24) is 19.6 Å². The Hall–Kier alpha value is -2.15. The first-order valence-electron chi connectivity index (χ1n) is 7.05. The molecule has 0 saturated heterocycles. The third-order valence-corrected chi connectivity index (χ3v) is 4.18. The van der Waals surface area contributed by atoms with Crippen molar-refractivity contribution in [3.05, 3.63) is 30.1 Å². The van der Waals surface area contributed by atoms with Crippen molar-refractivity contribution in [3.63, 3.8) is 0 Å². The molecule has 7 heteroatoms. The van der Waals surface area contributed by atoms with Gasteiger partial charge in [0, 0.05) is 5.39 Å². The van der Waals surface area contributed by atoms with Crippen LogP contribution in [-0.4, -0.2) is 37.4 Å². The van der Waals surface area contributed by atoms with Crippen molar-refractivity contribution in [3.8, 4) is 0 Å². The van der Waals surface area contributed by atoms with Gasteiger partial charge in [0.15, 0.2) is 10.8 Å². The first-order chi connectivity index (χ1) is 10.6. The summed E-state index contributed by atoms with van der Waals surface area (Å²) in [6.07, 6.45) is 0. The lowest BCUT2D eigenvalue weighted by molar-refractivity contribution is -0.142. The maximum absolute atomic E-state index is 11.8. The van der Waals surface area contributed by atoms with Gasteiger partial charge in [0.1, 0.15) is 11.1 Å². The summed E-state index contributed by atoms with van der Waals surface area (Å²) >= 11 is 1.32. The summed E-state index contributed by atoms with van der Waals surface area (Å²) in [4.78, 5) is 20.9. The fourth-order valence-electron chi connectivity index (χ4n) is 2.18. The van der Waals surface area contributed by atoms with Crippen molar-refractivity contribution in [2.24, 2.45) is 0 Å². The molecule has 114 valence electrons. The van der Waals surface area contributed by atoms with Crippen LogP contribution in [0, 0.1) is 6.92 Å². The molecule has 1 atom stereocenters. The van der Waals surface area contributed by atoms with Crippen LogP contribution in [0.15, 0.2) is 29.4 Å². The van der Waals surface area contributed by atoms with Gasteiger partial charge in [-0.2, -0.15) is 4.52 Å². The van der Waals surface area contributed by atoms with Gasteiger partial charge in [-0.05, 0) is 32.9 Å². The standard InChI is InChI=1S/C15H16N4O2S/c1-4-21-14(20)9(2)22-15-17-12-8-6-5-7-11(12)13-16-10(3)18-19(13)15/h5-9H,4H2,1-3H3/t9-/m1/s1. The molecule has 2 heterocycles. The van der Waals surface area contributed by atoms with Crippen LogP contribution in [0.1, 0.15) is 19.7 Å². The average molecular weight is 316 g/mol. The molecule has 6 nitrogen and oxygen atoms in total. The Bertz CT molecular complexity index is 846. The van der Waals surface area contributed by atoms with Crippen LogP contribution in [0.3, 0.4) is 0 Å². The smallest absolute Gasteiger partial charge is 0.319 e. The van der Waals surface area contributed by atoms with E-state index in [-0.39, 0.29) is 11.2 Å². The van der Waals surface area contributed by atoms with Crippen LogP contribution in [0.25, 0.3) is 16.6 Å². The number of thioether (sulfide) groups is 1. The molecule has 0 unspecified atom stereocenters. The van der Waals surface area contributed by atoms with Crippen molar-refractivity contribution in [1.29, 1.82) is 0 Å². The van der Waals surface area contributed by atoms with Crippen LogP contribution in [0.2, 0.25) is 0 Å². The van der Waals surface area contributed by atoms with Crippen LogP contribution in [0.4, 0.5) is 0 Å². The van der Waals surface area contributed by atoms with Gasteiger partial charge in [-0.3, -0.25) is 4.79 Å². The zero-order valence-corrected chi connectivity index (χ0v) is 13.4. The first-order valence-corrected chi connectivity index (χ1v) is 7.93. The Morgan fingerprint density at radius 3 is 2.91 bits per heavy atom. The third-order valence-electron chi connectivity index (χ3n) is 3.16. The van der Waals surface area contributed by atoms with Crippen molar-refractivity contribution in [2.75, 3.05) is 6.61 Å². The normalized spacial score (nSPS) is 12.7. The number of fused-ring (bicyclic) bond motifs is 3. The molecule has 0 aliphatic rings. The number of esters is 1. The zero-order chi connectivity index (χ0) is 15.7. The quantitative estimate of drug-likeness (QED) is 0.419. The topological polar surface area (TPSA) is 69.4 Å². The monoisotopic (exact) mass is 316 g/mol. The molecule has 2 aromatic heterocycles. The molecule has 3 aromatic rings. The molecule has 0 aliphatic heterocycles. The molecule has 0 aliphatic carbocycles. The summed E-state index contributed by atoms with van der Waals surface area (Å²) in [5.41, 5.74) is 1.59. The molecular formula is C15H16N4O2S. The lowest BCUT2D eigenvalue weighted by Crippen LogP contribution is -2.17. The van der Waals surface area contributed by atoms with E-state index in [0.29, 0.717) is 17.6 Å². The summed E-state index contributed by atoms with van der Waals surface area (Å²) < 4.78 is 6.74. The molecule has 0 bridgehead atoms. The van der Waals surface area contributed by atoms with E-state index in [1.54, 1.807) is 18.4 Å². The van der Waals surface area contributed by atoms with Gasteiger partial charge in [0.2, 0.25) is 0 Å². The molecule has 0 spiro atoms. The number of hydrogen-bond donors (Lipinski definition) is 0. The van der Waals surface area contributed by atoms with E-state index in [4.69, 9.17) is 4.74 Å². The number of hydrogen-bond acceptors (Lipinski definition) is 6.